The number of aromatic nitrogens is 1. The van der Waals surface area contributed by atoms with Crippen molar-refractivity contribution in [2.45, 2.75) is 11.1 Å². The number of aliphatic hydroxyl groups is 1. The summed E-state index contributed by atoms with van der Waals surface area (Å²) < 4.78 is 0. The Morgan fingerprint density at radius 3 is 3.11 bits per heavy atom. The molecule has 0 saturated heterocycles. The summed E-state index contributed by atoms with van der Waals surface area (Å²) >= 11 is 3.00. The summed E-state index contributed by atoms with van der Waals surface area (Å²) in [5.41, 5.74) is 1.38. The zero-order valence-corrected chi connectivity index (χ0v) is 12.0. The van der Waals surface area contributed by atoms with Crippen LogP contribution in [0, 0.1) is 0 Å². The number of carbonyl (C=O) groups excluding carboxylic acids is 1. The number of hydrogen-bond donors (Lipinski definition) is 2. The van der Waals surface area contributed by atoms with Gasteiger partial charge in [-0.05, 0) is 40.8 Å². The first-order chi connectivity index (χ1) is 9.20. The van der Waals surface area contributed by atoms with E-state index in [-0.39, 0.29) is 12.5 Å². The van der Waals surface area contributed by atoms with Gasteiger partial charge in [0.25, 0.3) is 5.91 Å². The predicted octanol–water partition coefficient (Wildman–Crippen LogP) is 2.33. The Hall–Kier alpha value is -1.37. The largest absolute Gasteiger partial charge is 0.387 e. The number of carbonyl (C=O) groups is 1. The minimum atomic E-state index is -0.669. The summed E-state index contributed by atoms with van der Waals surface area (Å²) in [7, 11) is 0. The first kappa shape index (κ1) is 14.0. The summed E-state index contributed by atoms with van der Waals surface area (Å²) in [6, 6.07) is 5.24. The molecule has 2 heterocycles. The molecule has 2 aromatic heterocycles. The fourth-order valence-electron chi connectivity index (χ4n) is 1.54. The van der Waals surface area contributed by atoms with Gasteiger partial charge in [-0.15, -0.1) is 11.8 Å². The Bertz CT molecular complexity index is 543. The van der Waals surface area contributed by atoms with Crippen LogP contribution in [-0.2, 0) is 0 Å². The lowest BCUT2D eigenvalue weighted by molar-refractivity contribution is 0.0916. The molecule has 2 rings (SSSR count). The molecule has 0 spiro atoms. The lowest BCUT2D eigenvalue weighted by Gasteiger charge is -2.10. The molecule has 1 unspecified atom stereocenters. The highest BCUT2D eigenvalue weighted by Crippen LogP contribution is 2.16. The second-order valence-electron chi connectivity index (χ2n) is 3.87. The smallest absolute Gasteiger partial charge is 0.251 e. The molecule has 19 heavy (non-hydrogen) atoms. The number of thiophene rings is 1. The third-order valence-electron chi connectivity index (χ3n) is 2.59. The Morgan fingerprint density at radius 1 is 1.58 bits per heavy atom. The molecule has 6 heteroatoms. The Kier molecular flexibility index (Phi) is 4.95. The molecule has 0 aromatic carbocycles. The number of nitrogens with zero attached hydrogens (tertiary/aromatic N) is 1. The number of nitrogens with one attached hydrogen (secondary N) is 1. The number of thioether (sulfide) groups is 1. The molecule has 0 aliphatic heterocycles. The number of rotatable bonds is 5. The van der Waals surface area contributed by atoms with Gasteiger partial charge in [0, 0.05) is 18.3 Å². The zero-order chi connectivity index (χ0) is 13.7. The number of pyridine rings is 1. The van der Waals surface area contributed by atoms with Crippen LogP contribution in [0.15, 0.2) is 40.2 Å². The maximum atomic E-state index is 11.9. The third kappa shape index (κ3) is 3.79. The molecule has 2 N–H and O–H groups in total. The van der Waals surface area contributed by atoms with Crippen molar-refractivity contribution in [1.29, 1.82) is 0 Å². The molecule has 0 aliphatic rings. The molecule has 0 fully saturated rings. The maximum absolute atomic E-state index is 11.9. The van der Waals surface area contributed by atoms with Crippen LogP contribution in [0.2, 0.25) is 0 Å². The average Bonchev–Trinajstić information content (AvgIpc) is 2.98. The van der Waals surface area contributed by atoms with E-state index in [1.807, 2.05) is 23.1 Å². The van der Waals surface area contributed by atoms with Crippen molar-refractivity contribution in [2.24, 2.45) is 0 Å². The van der Waals surface area contributed by atoms with Gasteiger partial charge in [0.05, 0.1) is 11.1 Å². The van der Waals surface area contributed by atoms with Crippen molar-refractivity contribution in [3.05, 3.63) is 46.3 Å². The molecule has 100 valence electrons. The Labute approximate surface area is 119 Å². The van der Waals surface area contributed by atoms with Crippen LogP contribution in [0.3, 0.4) is 0 Å². The van der Waals surface area contributed by atoms with Crippen molar-refractivity contribution < 1.29 is 9.90 Å². The van der Waals surface area contributed by atoms with E-state index in [0.717, 1.165) is 10.6 Å². The van der Waals surface area contributed by atoms with Gasteiger partial charge in [-0.3, -0.25) is 4.79 Å². The molecule has 4 nitrogen and oxygen atoms in total. The summed E-state index contributed by atoms with van der Waals surface area (Å²) in [5.74, 6) is -0.202. The second kappa shape index (κ2) is 6.70. The van der Waals surface area contributed by atoms with Crippen LogP contribution in [0.5, 0.6) is 0 Å². The molecule has 2 aromatic rings. The number of aliphatic hydroxyl groups excluding tert-OH is 1. The normalized spacial score (nSPS) is 12.1. The van der Waals surface area contributed by atoms with Crippen molar-refractivity contribution >= 4 is 29.0 Å². The van der Waals surface area contributed by atoms with Gasteiger partial charge in [0.15, 0.2) is 0 Å². The lowest BCUT2D eigenvalue weighted by atomic mass is 10.2. The third-order valence-corrected chi connectivity index (χ3v) is 3.93. The minimum absolute atomic E-state index is 0.201. The van der Waals surface area contributed by atoms with Crippen LogP contribution >= 0.6 is 23.1 Å². The van der Waals surface area contributed by atoms with E-state index in [1.165, 1.54) is 23.1 Å². The summed E-state index contributed by atoms with van der Waals surface area (Å²) in [5, 5.41) is 17.2. The molecule has 0 aliphatic carbocycles. The monoisotopic (exact) mass is 294 g/mol. The highest BCUT2D eigenvalue weighted by Gasteiger charge is 2.11. The summed E-state index contributed by atoms with van der Waals surface area (Å²) in [6.45, 7) is 0.201. The van der Waals surface area contributed by atoms with Crippen LogP contribution in [0.4, 0.5) is 0 Å². The van der Waals surface area contributed by atoms with Crippen molar-refractivity contribution in [3.8, 4) is 0 Å². The van der Waals surface area contributed by atoms with E-state index < -0.39 is 6.10 Å². The zero-order valence-electron chi connectivity index (χ0n) is 10.4. The lowest BCUT2D eigenvalue weighted by Crippen LogP contribution is -2.28. The fourth-order valence-corrected chi connectivity index (χ4v) is 2.65. The van der Waals surface area contributed by atoms with E-state index >= 15 is 0 Å². The number of hydrogen-bond acceptors (Lipinski definition) is 5. The average molecular weight is 294 g/mol. The van der Waals surface area contributed by atoms with Crippen molar-refractivity contribution in [3.63, 3.8) is 0 Å². The highest BCUT2D eigenvalue weighted by molar-refractivity contribution is 7.98. The molecular formula is C13H14N2O2S2. The van der Waals surface area contributed by atoms with Gasteiger partial charge in [0.2, 0.25) is 0 Å². The van der Waals surface area contributed by atoms with Crippen LogP contribution in [-0.4, -0.2) is 28.8 Å². The first-order valence-electron chi connectivity index (χ1n) is 5.69. The maximum Gasteiger partial charge on any atom is 0.251 e. The van der Waals surface area contributed by atoms with Gasteiger partial charge in [-0.25, -0.2) is 4.98 Å². The van der Waals surface area contributed by atoms with E-state index in [4.69, 9.17) is 0 Å². The predicted molar refractivity (Wildman–Crippen MR) is 77.6 cm³/mol. The topological polar surface area (TPSA) is 62.2 Å². The summed E-state index contributed by atoms with van der Waals surface area (Å²) in [4.78, 5) is 16.0. The number of amides is 1. The molecular weight excluding hydrogens is 280 g/mol. The molecule has 1 amide bonds. The van der Waals surface area contributed by atoms with Crippen molar-refractivity contribution in [1.82, 2.24) is 10.3 Å². The van der Waals surface area contributed by atoms with Gasteiger partial charge in [0.1, 0.15) is 0 Å². The molecule has 0 bridgehead atoms. The quantitative estimate of drug-likeness (QED) is 0.831. The Morgan fingerprint density at radius 2 is 2.42 bits per heavy atom. The standard InChI is InChI=1S/C13H14N2O2S2/c1-18-12-6-9(2-4-14-12)13(17)15-7-11(16)10-3-5-19-8-10/h2-6,8,11,16H,7H2,1H3,(H,15,17). The minimum Gasteiger partial charge on any atom is -0.387 e. The van der Waals surface area contributed by atoms with Gasteiger partial charge in [-0.2, -0.15) is 11.3 Å². The van der Waals surface area contributed by atoms with E-state index in [0.29, 0.717) is 5.56 Å². The van der Waals surface area contributed by atoms with Crippen molar-refractivity contribution in [2.75, 3.05) is 12.8 Å². The molecule has 1 atom stereocenters. The molecule has 0 radical (unpaired) electrons. The molecule has 0 saturated carbocycles. The van der Waals surface area contributed by atoms with Crippen LogP contribution in [0.1, 0.15) is 22.0 Å². The highest BCUT2D eigenvalue weighted by atomic mass is 32.2. The first-order valence-corrected chi connectivity index (χ1v) is 7.86. The van der Waals surface area contributed by atoms with Crippen LogP contribution < -0.4 is 5.32 Å². The Balaban J connectivity index is 1.94. The second-order valence-corrected chi connectivity index (χ2v) is 5.48. The SMILES string of the molecule is CSc1cc(C(=O)NCC(O)c2ccsc2)ccn1. The fraction of sp³-hybridized carbons (Fsp3) is 0.231. The van der Waals surface area contributed by atoms with E-state index in [9.17, 15) is 9.90 Å². The van der Waals surface area contributed by atoms with Gasteiger partial charge < -0.3 is 10.4 Å². The van der Waals surface area contributed by atoms with Gasteiger partial charge >= 0.3 is 0 Å². The van der Waals surface area contributed by atoms with Gasteiger partial charge in [-0.1, -0.05) is 0 Å². The summed E-state index contributed by atoms with van der Waals surface area (Å²) in [6.07, 6.45) is 2.84. The van der Waals surface area contributed by atoms with E-state index in [2.05, 4.69) is 10.3 Å². The van der Waals surface area contributed by atoms with E-state index in [1.54, 1.807) is 18.3 Å². The van der Waals surface area contributed by atoms with Crippen LogP contribution in [0.25, 0.3) is 0 Å².